The van der Waals surface area contributed by atoms with Crippen LogP contribution in [0.15, 0.2) is 76.4 Å². The fourth-order valence-corrected chi connectivity index (χ4v) is 3.19. The first-order valence-electron chi connectivity index (χ1n) is 8.08. The molecule has 0 aliphatic carbocycles. The van der Waals surface area contributed by atoms with Crippen molar-refractivity contribution in [1.29, 1.82) is 0 Å². The number of halogens is 2. The van der Waals surface area contributed by atoms with Gasteiger partial charge in [-0.3, -0.25) is 4.79 Å². The van der Waals surface area contributed by atoms with Gasteiger partial charge in [-0.2, -0.15) is 5.10 Å². The minimum absolute atomic E-state index is 0.202. The molecule has 0 saturated carbocycles. The Morgan fingerprint density at radius 1 is 1.00 bits per heavy atom. The highest BCUT2D eigenvalue weighted by molar-refractivity contribution is 6.31. The molecule has 2 heterocycles. The molecule has 3 aromatic rings. The van der Waals surface area contributed by atoms with Gasteiger partial charge in [0.1, 0.15) is 11.8 Å². The number of carbonyl (C=O) groups is 1. The third-order valence-electron chi connectivity index (χ3n) is 4.26. The van der Waals surface area contributed by atoms with Gasteiger partial charge in [-0.15, -0.1) is 0 Å². The molecule has 0 spiro atoms. The molecule has 1 aliphatic heterocycles. The first-order chi connectivity index (χ1) is 12.6. The van der Waals surface area contributed by atoms with Crippen LogP contribution in [-0.2, 0) is 0 Å². The first kappa shape index (κ1) is 16.9. The van der Waals surface area contributed by atoms with Crippen LogP contribution in [0.25, 0.3) is 0 Å². The van der Waals surface area contributed by atoms with Crippen LogP contribution in [0.3, 0.4) is 0 Å². The van der Waals surface area contributed by atoms with Crippen molar-refractivity contribution in [1.82, 2.24) is 5.01 Å². The summed E-state index contributed by atoms with van der Waals surface area (Å²) in [5.74, 6) is 0.493. The van der Waals surface area contributed by atoms with Crippen molar-refractivity contribution in [3.63, 3.8) is 0 Å². The maximum atomic E-state index is 13.0. The van der Waals surface area contributed by atoms with Crippen LogP contribution in [0.1, 0.15) is 34.1 Å². The van der Waals surface area contributed by atoms with Crippen molar-refractivity contribution in [3.8, 4) is 0 Å². The molecule has 0 fully saturated rings. The molecule has 0 unspecified atom stereocenters. The molecule has 0 saturated heterocycles. The van der Waals surface area contributed by atoms with Gasteiger partial charge in [0, 0.05) is 22.0 Å². The van der Waals surface area contributed by atoms with Crippen LogP contribution >= 0.6 is 23.2 Å². The van der Waals surface area contributed by atoms with E-state index in [1.165, 1.54) is 5.01 Å². The maximum Gasteiger partial charge on any atom is 0.274 e. The van der Waals surface area contributed by atoms with Crippen LogP contribution in [0, 0.1) is 0 Å². The molecule has 2 aromatic carbocycles. The lowest BCUT2D eigenvalue weighted by atomic mass is 10.0. The van der Waals surface area contributed by atoms with Crippen LogP contribution in [0.4, 0.5) is 0 Å². The second-order valence-electron chi connectivity index (χ2n) is 5.95. The minimum Gasteiger partial charge on any atom is -0.467 e. The third kappa shape index (κ3) is 3.26. The predicted molar refractivity (Wildman–Crippen MR) is 102 cm³/mol. The molecule has 1 aliphatic rings. The van der Waals surface area contributed by atoms with E-state index in [4.69, 9.17) is 27.6 Å². The molecule has 130 valence electrons. The number of hydrogen-bond acceptors (Lipinski definition) is 3. The van der Waals surface area contributed by atoms with Gasteiger partial charge >= 0.3 is 0 Å². The summed E-state index contributed by atoms with van der Waals surface area (Å²) in [6, 6.07) is 17.6. The summed E-state index contributed by atoms with van der Waals surface area (Å²) in [6.07, 6.45) is 2.16. The summed E-state index contributed by atoms with van der Waals surface area (Å²) in [5.41, 5.74) is 2.26. The van der Waals surface area contributed by atoms with Gasteiger partial charge in [-0.25, -0.2) is 5.01 Å². The van der Waals surface area contributed by atoms with Gasteiger partial charge in [0.05, 0.1) is 12.0 Å². The summed E-state index contributed by atoms with van der Waals surface area (Å²) < 4.78 is 5.55. The highest BCUT2D eigenvalue weighted by Crippen LogP contribution is 2.34. The molecule has 4 nitrogen and oxygen atoms in total. The van der Waals surface area contributed by atoms with Crippen molar-refractivity contribution in [2.24, 2.45) is 5.10 Å². The molecule has 1 aromatic heterocycles. The molecule has 26 heavy (non-hydrogen) atoms. The summed E-state index contributed by atoms with van der Waals surface area (Å²) in [6.45, 7) is 0. The molecule has 6 heteroatoms. The Balaban J connectivity index is 1.70. The molecular weight excluding hydrogens is 371 g/mol. The second-order valence-corrected chi connectivity index (χ2v) is 6.82. The van der Waals surface area contributed by atoms with Crippen LogP contribution < -0.4 is 0 Å². The Bertz CT molecular complexity index is 948. The van der Waals surface area contributed by atoms with Crippen LogP contribution in [-0.4, -0.2) is 16.6 Å². The Morgan fingerprint density at radius 3 is 2.27 bits per heavy atom. The van der Waals surface area contributed by atoms with Crippen molar-refractivity contribution in [3.05, 3.63) is 93.9 Å². The number of amides is 1. The maximum absolute atomic E-state index is 13.0. The average molecular weight is 385 g/mol. The van der Waals surface area contributed by atoms with Crippen molar-refractivity contribution < 1.29 is 9.21 Å². The van der Waals surface area contributed by atoms with E-state index in [0.29, 0.717) is 27.8 Å². The van der Waals surface area contributed by atoms with E-state index >= 15 is 0 Å². The lowest BCUT2D eigenvalue weighted by Crippen LogP contribution is -2.26. The molecule has 0 radical (unpaired) electrons. The number of rotatable bonds is 3. The Labute approximate surface area is 160 Å². The fourth-order valence-electron chi connectivity index (χ4n) is 2.94. The molecule has 4 rings (SSSR count). The van der Waals surface area contributed by atoms with E-state index in [2.05, 4.69) is 5.10 Å². The topological polar surface area (TPSA) is 45.8 Å². The zero-order chi connectivity index (χ0) is 18.1. The number of benzene rings is 2. The van der Waals surface area contributed by atoms with Gasteiger partial charge in [-0.1, -0.05) is 35.3 Å². The SMILES string of the molecule is O=C(c1ccc(Cl)cc1)N1N=C(c2ccc(Cl)cc2)C[C@@H]1c1ccco1. The quantitative estimate of drug-likeness (QED) is 0.591. The van der Waals surface area contributed by atoms with Gasteiger partial charge in [0.15, 0.2) is 0 Å². The van der Waals surface area contributed by atoms with Gasteiger partial charge in [-0.05, 0) is 54.1 Å². The summed E-state index contributed by atoms with van der Waals surface area (Å²) in [5, 5.41) is 7.30. The highest BCUT2D eigenvalue weighted by atomic mass is 35.5. The lowest BCUT2D eigenvalue weighted by Gasteiger charge is -2.19. The number of furan rings is 1. The van der Waals surface area contributed by atoms with E-state index in [9.17, 15) is 4.79 Å². The second kappa shape index (κ2) is 6.98. The van der Waals surface area contributed by atoms with Crippen LogP contribution in [0.5, 0.6) is 0 Å². The summed E-state index contributed by atoms with van der Waals surface area (Å²) >= 11 is 11.9. The third-order valence-corrected chi connectivity index (χ3v) is 4.76. The number of nitrogens with zero attached hydrogens (tertiary/aromatic N) is 2. The molecule has 1 atom stereocenters. The molecule has 1 amide bonds. The molecule has 0 N–H and O–H groups in total. The number of carbonyl (C=O) groups excluding carboxylic acids is 1. The van der Waals surface area contributed by atoms with Crippen LogP contribution in [0.2, 0.25) is 10.0 Å². The normalized spacial score (nSPS) is 16.6. The summed E-state index contributed by atoms with van der Waals surface area (Å²) in [7, 11) is 0. The van der Waals surface area contributed by atoms with Gasteiger partial charge in [0.2, 0.25) is 0 Å². The highest BCUT2D eigenvalue weighted by Gasteiger charge is 2.35. The predicted octanol–water partition coefficient (Wildman–Crippen LogP) is 5.58. The van der Waals surface area contributed by atoms with E-state index in [-0.39, 0.29) is 11.9 Å². The smallest absolute Gasteiger partial charge is 0.274 e. The van der Waals surface area contributed by atoms with E-state index < -0.39 is 0 Å². The van der Waals surface area contributed by atoms with Crippen molar-refractivity contribution >= 4 is 34.8 Å². The Kier molecular flexibility index (Phi) is 4.53. The number of hydrogen-bond donors (Lipinski definition) is 0. The fraction of sp³-hybridized carbons (Fsp3) is 0.100. The van der Waals surface area contributed by atoms with Crippen molar-refractivity contribution in [2.45, 2.75) is 12.5 Å². The Hall–Kier alpha value is -2.56. The monoisotopic (exact) mass is 384 g/mol. The number of hydrazone groups is 1. The van der Waals surface area contributed by atoms with Crippen molar-refractivity contribution in [2.75, 3.05) is 0 Å². The van der Waals surface area contributed by atoms with E-state index in [1.807, 2.05) is 30.3 Å². The Morgan fingerprint density at radius 2 is 1.65 bits per heavy atom. The minimum atomic E-state index is -0.293. The zero-order valence-corrected chi connectivity index (χ0v) is 15.1. The molecular formula is C20H14Cl2N2O2. The summed E-state index contributed by atoms with van der Waals surface area (Å²) in [4.78, 5) is 13.0. The van der Waals surface area contributed by atoms with Gasteiger partial charge < -0.3 is 4.42 Å². The lowest BCUT2D eigenvalue weighted by molar-refractivity contribution is 0.0693. The van der Waals surface area contributed by atoms with E-state index in [1.54, 1.807) is 36.6 Å². The largest absolute Gasteiger partial charge is 0.467 e. The molecule has 0 bridgehead atoms. The average Bonchev–Trinajstić information content (AvgIpc) is 3.32. The standard InChI is InChI=1S/C20H14Cl2N2O2/c21-15-7-3-13(4-8-15)17-12-18(19-2-1-11-26-19)24(23-17)20(25)14-5-9-16(22)10-6-14/h1-11,18H,12H2/t18-/m1/s1. The van der Waals surface area contributed by atoms with E-state index in [0.717, 1.165) is 11.3 Å². The van der Waals surface area contributed by atoms with Gasteiger partial charge in [0.25, 0.3) is 5.91 Å². The first-order valence-corrected chi connectivity index (χ1v) is 8.83. The zero-order valence-electron chi connectivity index (χ0n) is 13.6.